The van der Waals surface area contributed by atoms with E-state index in [1.807, 2.05) is 0 Å². The number of rotatable bonds is 2. The minimum atomic E-state index is -0.416. The van der Waals surface area contributed by atoms with Gasteiger partial charge in [-0.3, -0.25) is 4.79 Å². The van der Waals surface area contributed by atoms with Gasteiger partial charge in [0, 0.05) is 0 Å². The molecule has 1 rings (SSSR count). The van der Waals surface area contributed by atoms with Crippen LogP contribution in [0.4, 0.5) is 0 Å². The molecule has 0 bridgehead atoms. The van der Waals surface area contributed by atoms with E-state index in [0.29, 0.717) is 13.2 Å². The van der Waals surface area contributed by atoms with Gasteiger partial charge in [-0.15, -0.1) is 0 Å². The fraction of sp³-hybridized carbons (Fsp3) is 0.833. The van der Waals surface area contributed by atoms with E-state index in [1.165, 1.54) is 0 Å². The first kappa shape index (κ1) is 7.50. The summed E-state index contributed by atoms with van der Waals surface area (Å²) >= 11 is 0. The molecule has 1 aliphatic rings. The average molecular weight is 144 g/mol. The summed E-state index contributed by atoms with van der Waals surface area (Å²) in [5.74, 6) is -0.103. The first-order valence-corrected chi connectivity index (χ1v) is 3.34. The first-order valence-electron chi connectivity index (χ1n) is 3.34. The molecule has 0 spiro atoms. The third kappa shape index (κ3) is 1.68. The Morgan fingerprint density at radius 3 is 2.70 bits per heavy atom. The first-order chi connectivity index (χ1) is 4.70. The minimum Gasteiger partial charge on any atom is -0.377 e. The molecule has 1 saturated heterocycles. The highest BCUT2D eigenvalue weighted by molar-refractivity contribution is 5.81. The van der Waals surface area contributed by atoms with Crippen molar-refractivity contribution in [2.75, 3.05) is 13.2 Å². The molecule has 58 valence electrons. The Balaban J connectivity index is 2.17. The van der Waals surface area contributed by atoms with Gasteiger partial charge in [0.2, 0.25) is 5.91 Å². The second kappa shape index (κ2) is 2.98. The molecule has 4 nitrogen and oxygen atoms in total. The SMILES string of the molecule is C[C@@H](N)C(=O)NC1COC1. The third-order valence-electron chi connectivity index (χ3n) is 1.40. The predicted molar refractivity (Wildman–Crippen MR) is 36.4 cm³/mol. The van der Waals surface area contributed by atoms with Gasteiger partial charge in [0.1, 0.15) is 0 Å². The lowest BCUT2D eigenvalue weighted by atomic mass is 10.2. The molecule has 0 saturated carbocycles. The van der Waals surface area contributed by atoms with Crippen molar-refractivity contribution in [3.8, 4) is 0 Å². The number of carbonyl (C=O) groups is 1. The maximum Gasteiger partial charge on any atom is 0.237 e. The third-order valence-corrected chi connectivity index (χ3v) is 1.40. The molecule has 0 aromatic rings. The fourth-order valence-corrected chi connectivity index (χ4v) is 0.652. The standard InChI is InChI=1S/C6H12N2O2/c1-4(7)6(9)8-5-2-10-3-5/h4-5H,2-3,7H2,1H3,(H,8,9)/t4-/m1/s1. The van der Waals surface area contributed by atoms with Crippen LogP contribution < -0.4 is 11.1 Å². The van der Waals surface area contributed by atoms with Crippen molar-refractivity contribution in [1.29, 1.82) is 0 Å². The van der Waals surface area contributed by atoms with Crippen molar-refractivity contribution in [1.82, 2.24) is 5.32 Å². The maximum absolute atomic E-state index is 10.9. The summed E-state index contributed by atoms with van der Waals surface area (Å²) in [4.78, 5) is 10.9. The maximum atomic E-state index is 10.9. The number of nitrogens with two attached hydrogens (primary N) is 1. The highest BCUT2D eigenvalue weighted by atomic mass is 16.5. The van der Waals surface area contributed by atoms with Gasteiger partial charge in [-0.2, -0.15) is 0 Å². The summed E-state index contributed by atoms with van der Waals surface area (Å²) in [6, 6.07) is -0.223. The highest BCUT2D eigenvalue weighted by Gasteiger charge is 2.21. The number of ether oxygens (including phenoxy) is 1. The Bertz CT molecular complexity index is 132. The van der Waals surface area contributed by atoms with Crippen LogP contribution in [0.5, 0.6) is 0 Å². The van der Waals surface area contributed by atoms with Crippen LogP contribution in [-0.2, 0) is 9.53 Å². The number of amides is 1. The van der Waals surface area contributed by atoms with Crippen LogP contribution in [0.25, 0.3) is 0 Å². The molecule has 0 aliphatic carbocycles. The minimum absolute atomic E-state index is 0.103. The van der Waals surface area contributed by atoms with Gasteiger partial charge in [-0.1, -0.05) is 0 Å². The predicted octanol–water partition coefficient (Wildman–Crippen LogP) is -1.15. The summed E-state index contributed by atoms with van der Waals surface area (Å²) in [6.45, 7) is 2.91. The average Bonchev–Trinajstić information content (AvgIpc) is 1.77. The molecule has 3 N–H and O–H groups in total. The van der Waals surface area contributed by atoms with Crippen molar-refractivity contribution in [3.63, 3.8) is 0 Å². The van der Waals surface area contributed by atoms with Gasteiger partial charge in [0.25, 0.3) is 0 Å². The second-order valence-electron chi connectivity index (χ2n) is 2.53. The van der Waals surface area contributed by atoms with Crippen molar-refractivity contribution >= 4 is 5.91 Å². The Labute approximate surface area is 59.7 Å². The van der Waals surface area contributed by atoms with Crippen LogP contribution in [0.2, 0.25) is 0 Å². The monoisotopic (exact) mass is 144 g/mol. The molecule has 10 heavy (non-hydrogen) atoms. The molecular weight excluding hydrogens is 132 g/mol. The van der Waals surface area contributed by atoms with Crippen LogP contribution in [0, 0.1) is 0 Å². The zero-order valence-electron chi connectivity index (χ0n) is 5.96. The van der Waals surface area contributed by atoms with Crippen molar-refractivity contribution in [2.24, 2.45) is 5.73 Å². The normalized spacial score (nSPS) is 21.4. The van der Waals surface area contributed by atoms with E-state index >= 15 is 0 Å². The van der Waals surface area contributed by atoms with Gasteiger partial charge in [0.15, 0.2) is 0 Å². The summed E-state index contributed by atoms with van der Waals surface area (Å²) in [7, 11) is 0. The van der Waals surface area contributed by atoms with Crippen LogP contribution >= 0.6 is 0 Å². The molecule has 1 atom stereocenters. The Kier molecular flexibility index (Phi) is 2.24. The molecule has 1 amide bonds. The number of carbonyl (C=O) groups excluding carboxylic acids is 1. The van der Waals surface area contributed by atoms with Gasteiger partial charge < -0.3 is 15.8 Å². The molecule has 0 unspecified atom stereocenters. The van der Waals surface area contributed by atoms with Crippen LogP contribution in [0.3, 0.4) is 0 Å². The lowest BCUT2D eigenvalue weighted by Gasteiger charge is -2.27. The topological polar surface area (TPSA) is 64.4 Å². The van der Waals surface area contributed by atoms with Gasteiger partial charge in [-0.25, -0.2) is 0 Å². The lowest BCUT2D eigenvalue weighted by Crippen LogP contribution is -2.52. The molecule has 1 fully saturated rings. The smallest absolute Gasteiger partial charge is 0.237 e. The van der Waals surface area contributed by atoms with E-state index in [2.05, 4.69) is 5.32 Å². The summed E-state index contributed by atoms with van der Waals surface area (Å²) < 4.78 is 4.86. The summed E-state index contributed by atoms with van der Waals surface area (Å²) in [5, 5.41) is 2.73. The van der Waals surface area contributed by atoms with Crippen molar-refractivity contribution in [2.45, 2.75) is 19.0 Å². The fourth-order valence-electron chi connectivity index (χ4n) is 0.652. The second-order valence-corrected chi connectivity index (χ2v) is 2.53. The Morgan fingerprint density at radius 1 is 1.80 bits per heavy atom. The Morgan fingerprint density at radius 2 is 2.40 bits per heavy atom. The van der Waals surface area contributed by atoms with E-state index in [0.717, 1.165) is 0 Å². The molecule has 1 aliphatic heterocycles. The van der Waals surface area contributed by atoms with Gasteiger partial charge in [-0.05, 0) is 6.92 Å². The summed E-state index contributed by atoms with van der Waals surface area (Å²) in [5.41, 5.74) is 5.31. The molecule has 0 radical (unpaired) electrons. The number of nitrogens with one attached hydrogen (secondary N) is 1. The molecule has 4 heteroatoms. The number of hydrogen-bond donors (Lipinski definition) is 2. The van der Waals surface area contributed by atoms with Crippen LogP contribution in [-0.4, -0.2) is 31.2 Å². The zero-order valence-corrected chi connectivity index (χ0v) is 5.96. The zero-order chi connectivity index (χ0) is 7.56. The molecule has 1 heterocycles. The van der Waals surface area contributed by atoms with Gasteiger partial charge >= 0.3 is 0 Å². The van der Waals surface area contributed by atoms with Crippen LogP contribution in [0.15, 0.2) is 0 Å². The van der Waals surface area contributed by atoms with Crippen molar-refractivity contribution in [3.05, 3.63) is 0 Å². The number of hydrogen-bond acceptors (Lipinski definition) is 3. The molecule has 0 aromatic carbocycles. The Hall–Kier alpha value is -0.610. The van der Waals surface area contributed by atoms with Crippen molar-refractivity contribution < 1.29 is 9.53 Å². The molecular formula is C6H12N2O2. The summed E-state index contributed by atoms with van der Waals surface area (Å²) in [6.07, 6.45) is 0. The van der Waals surface area contributed by atoms with Crippen LogP contribution in [0.1, 0.15) is 6.92 Å². The molecule has 0 aromatic heterocycles. The van der Waals surface area contributed by atoms with E-state index in [1.54, 1.807) is 6.92 Å². The quantitative estimate of drug-likeness (QED) is 0.514. The van der Waals surface area contributed by atoms with E-state index in [-0.39, 0.29) is 11.9 Å². The highest BCUT2D eigenvalue weighted by Crippen LogP contribution is 1.98. The van der Waals surface area contributed by atoms with E-state index in [9.17, 15) is 4.79 Å². The van der Waals surface area contributed by atoms with Gasteiger partial charge in [0.05, 0.1) is 25.3 Å². The largest absolute Gasteiger partial charge is 0.377 e. The van der Waals surface area contributed by atoms with E-state index < -0.39 is 6.04 Å². The lowest BCUT2D eigenvalue weighted by molar-refractivity contribution is -0.126. The van der Waals surface area contributed by atoms with E-state index in [4.69, 9.17) is 10.5 Å².